The van der Waals surface area contributed by atoms with Gasteiger partial charge in [-0.25, -0.2) is 0 Å². The molecule has 0 atom stereocenters. The van der Waals surface area contributed by atoms with E-state index in [1.807, 2.05) is 6.92 Å². The van der Waals surface area contributed by atoms with E-state index >= 15 is 0 Å². The van der Waals surface area contributed by atoms with E-state index in [-0.39, 0.29) is 5.92 Å². The molecule has 1 nitrogen and oxygen atoms in total. The molecular weight excluding hydrogens is 312 g/mol. The maximum atomic E-state index is 6.45. The number of hydrogen-bond donors (Lipinski definition) is 0. The van der Waals surface area contributed by atoms with E-state index in [4.69, 9.17) is 46.4 Å². The molecule has 0 bridgehead atoms. The van der Waals surface area contributed by atoms with E-state index in [1.165, 1.54) is 0 Å². The number of nitrogens with zero attached hydrogens (tertiary/aromatic N) is 1. The predicted octanol–water partition coefficient (Wildman–Crippen LogP) is 6.28. The van der Waals surface area contributed by atoms with Crippen molar-refractivity contribution in [3.8, 4) is 0 Å². The molecule has 0 aliphatic heterocycles. The van der Waals surface area contributed by atoms with Crippen molar-refractivity contribution in [1.82, 2.24) is 4.98 Å². The molecule has 0 spiro atoms. The first-order valence-corrected chi connectivity index (χ1v) is 6.99. The van der Waals surface area contributed by atoms with Gasteiger partial charge in [0, 0.05) is 11.1 Å². The Morgan fingerprint density at radius 3 is 2.17 bits per heavy atom. The van der Waals surface area contributed by atoms with Gasteiger partial charge in [0.15, 0.2) is 0 Å². The maximum Gasteiger partial charge on any atom is 0.0922 e. The largest absolute Gasteiger partial charge is 0.251 e. The van der Waals surface area contributed by atoms with Gasteiger partial charge in [0.25, 0.3) is 0 Å². The fourth-order valence-corrected chi connectivity index (χ4v) is 3.42. The number of rotatable bonds is 1. The van der Waals surface area contributed by atoms with E-state index in [9.17, 15) is 0 Å². The molecule has 2 rings (SSSR count). The van der Waals surface area contributed by atoms with E-state index in [0.29, 0.717) is 31.0 Å². The number of aryl methyl sites for hydroxylation is 1. The van der Waals surface area contributed by atoms with Crippen molar-refractivity contribution in [2.45, 2.75) is 26.7 Å². The second-order valence-electron chi connectivity index (χ2n) is 4.46. The number of pyridine rings is 1. The molecule has 0 saturated carbocycles. The third-order valence-electron chi connectivity index (χ3n) is 2.85. The van der Waals surface area contributed by atoms with Crippen molar-refractivity contribution in [2.24, 2.45) is 0 Å². The Bertz CT molecular complexity index is 635. The summed E-state index contributed by atoms with van der Waals surface area (Å²) in [4.78, 5) is 4.50. The summed E-state index contributed by atoms with van der Waals surface area (Å²) in [6.45, 7) is 6.03. The third-order valence-corrected chi connectivity index (χ3v) is 4.32. The van der Waals surface area contributed by atoms with Crippen molar-refractivity contribution in [3.63, 3.8) is 0 Å². The van der Waals surface area contributed by atoms with E-state index < -0.39 is 0 Å². The van der Waals surface area contributed by atoms with Crippen LogP contribution >= 0.6 is 46.4 Å². The Hall–Kier alpha value is -0.210. The minimum Gasteiger partial charge on any atom is -0.251 e. The van der Waals surface area contributed by atoms with Gasteiger partial charge in [-0.3, -0.25) is 4.98 Å². The normalized spacial score (nSPS) is 11.6. The predicted molar refractivity (Wildman–Crippen MR) is 80.6 cm³/mol. The van der Waals surface area contributed by atoms with Crippen molar-refractivity contribution >= 4 is 57.3 Å². The first kappa shape index (κ1) is 14.2. The number of aromatic nitrogens is 1. The maximum absolute atomic E-state index is 6.45. The van der Waals surface area contributed by atoms with Crippen LogP contribution in [0.5, 0.6) is 0 Å². The van der Waals surface area contributed by atoms with Gasteiger partial charge >= 0.3 is 0 Å². The lowest BCUT2D eigenvalue weighted by Crippen LogP contribution is -1.99. The third kappa shape index (κ3) is 2.18. The van der Waals surface area contributed by atoms with Gasteiger partial charge in [0.05, 0.1) is 25.6 Å². The van der Waals surface area contributed by atoms with Crippen LogP contribution in [0.3, 0.4) is 0 Å². The molecule has 0 aliphatic carbocycles. The second kappa shape index (κ2) is 5.05. The van der Waals surface area contributed by atoms with Gasteiger partial charge in [-0.15, -0.1) is 0 Å². The molecule has 0 radical (unpaired) electrons. The zero-order chi connectivity index (χ0) is 13.6. The Kier molecular flexibility index (Phi) is 3.99. The van der Waals surface area contributed by atoms with Crippen LogP contribution in [-0.2, 0) is 0 Å². The van der Waals surface area contributed by atoms with Crippen molar-refractivity contribution in [1.29, 1.82) is 0 Å². The van der Waals surface area contributed by atoms with Crippen LogP contribution < -0.4 is 0 Å². The zero-order valence-corrected chi connectivity index (χ0v) is 13.1. The molecule has 0 saturated heterocycles. The molecule has 1 aromatic carbocycles. The van der Waals surface area contributed by atoms with Gasteiger partial charge < -0.3 is 0 Å². The number of hydrogen-bond acceptors (Lipinski definition) is 1. The molecule has 1 aromatic heterocycles. The van der Waals surface area contributed by atoms with Crippen LogP contribution in [0.15, 0.2) is 6.07 Å². The Labute approximate surface area is 126 Å². The van der Waals surface area contributed by atoms with Crippen LogP contribution in [0, 0.1) is 6.92 Å². The van der Waals surface area contributed by atoms with Gasteiger partial charge in [-0.05, 0) is 24.5 Å². The van der Waals surface area contributed by atoms with Crippen LogP contribution in [0.4, 0.5) is 0 Å². The molecule has 5 heteroatoms. The lowest BCUT2D eigenvalue weighted by atomic mass is 9.99. The quantitative estimate of drug-likeness (QED) is 0.563. The number of halogens is 4. The summed E-state index contributed by atoms with van der Waals surface area (Å²) in [7, 11) is 0. The van der Waals surface area contributed by atoms with Crippen molar-refractivity contribution < 1.29 is 0 Å². The van der Waals surface area contributed by atoms with Crippen molar-refractivity contribution in [3.05, 3.63) is 37.4 Å². The second-order valence-corrected chi connectivity index (χ2v) is 6.03. The molecule has 1 heterocycles. The summed E-state index contributed by atoms with van der Waals surface area (Å²) in [5, 5.41) is 2.46. The molecule has 0 fully saturated rings. The minimum absolute atomic E-state index is 0.253. The summed E-state index contributed by atoms with van der Waals surface area (Å²) in [6.07, 6.45) is 0. The molecule has 0 unspecified atom stereocenters. The number of fused-ring (bicyclic) bond motifs is 1. The summed E-state index contributed by atoms with van der Waals surface area (Å²) in [6, 6.07) is 1.59. The van der Waals surface area contributed by atoms with Crippen molar-refractivity contribution in [2.75, 3.05) is 0 Å². The van der Waals surface area contributed by atoms with E-state index in [0.717, 1.165) is 11.3 Å². The summed E-state index contributed by atoms with van der Waals surface area (Å²) in [5.74, 6) is 0.253. The molecule has 96 valence electrons. The summed E-state index contributed by atoms with van der Waals surface area (Å²) < 4.78 is 0. The number of benzene rings is 1. The molecule has 0 amide bonds. The van der Waals surface area contributed by atoms with E-state index in [1.54, 1.807) is 6.07 Å². The highest BCUT2D eigenvalue weighted by atomic mass is 35.5. The fraction of sp³-hybridized carbons (Fsp3) is 0.308. The first-order valence-electron chi connectivity index (χ1n) is 5.47. The molecule has 2 aromatic rings. The Morgan fingerprint density at radius 1 is 1.00 bits per heavy atom. The highest BCUT2D eigenvalue weighted by molar-refractivity contribution is 6.50. The van der Waals surface area contributed by atoms with Crippen LogP contribution in [0.2, 0.25) is 20.1 Å². The van der Waals surface area contributed by atoms with Crippen LogP contribution in [0.25, 0.3) is 10.9 Å². The average Bonchev–Trinajstić information content (AvgIpc) is 2.25. The smallest absolute Gasteiger partial charge is 0.0922 e. The topological polar surface area (TPSA) is 12.9 Å². The zero-order valence-electron chi connectivity index (χ0n) is 10.1. The SMILES string of the molecule is Cc1nc2c(Cl)cc(Cl)c(Cl)c2c(Cl)c1C(C)C. The Balaban J connectivity index is 3.01. The van der Waals surface area contributed by atoms with Gasteiger partial charge in [0.1, 0.15) is 0 Å². The monoisotopic (exact) mass is 321 g/mol. The molecular formula is C13H11Cl4N. The van der Waals surface area contributed by atoms with E-state index in [2.05, 4.69) is 18.8 Å². The summed E-state index contributed by atoms with van der Waals surface area (Å²) >= 11 is 24.8. The molecule has 18 heavy (non-hydrogen) atoms. The standard InChI is InChI=1S/C13H11Cl4N/c1-5(2)9-6(3)18-13-8(15)4-7(14)11(16)10(13)12(9)17/h4-5H,1-3H3. The first-order chi connectivity index (χ1) is 8.34. The molecule has 0 N–H and O–H groups in total. The highest BCUT2D eigenvalue weighted by Gasteiger charge is 2.19. The molecule has 0 aliphatic rings. The fourth-order valence-electron chi connectivity index (χ4n) is 2.09. The summed E-state index contributed by atoms with van der Waals surface area (Å²) in [5.41, 5.74) is 2.44. The highest BCUT2D eigenvalue weighted by Crippen LogP contribution is 2.42. The lowest BCUT2D eigenvalue weighted by molar-refractivity contribution is 0.848. The van der Waals surface area contributed by atoms with Gasteiger partial charge in [-0.2, -0.15) is 0 Å². The Morgan fingerprint density at radius 2 is 1.61 bits per heavy atom. The van der Waals surface area contributed by atoms with Gasteiger partial charge in [-0.1, -0.05) is 60.3 Å². The van der Waals surface area contributed by atoms with Crippen LogP contribution in [-0.4, -0.2) is 4.98 Å². The van der Waals surface area contributed by atoms with Crippen LogP contribution in [0.1, 0.15) is 31.0 Å². The average molecular weight is 323 g/mol. The van der Waals surface area contributed by atoms with Gasteiger partial charge in [0.2, 0.25) is 0 Å². The lowest BCUT2D eigenvalue weighted by Gasteiger charge is -2.15. The minimum atomic E-state index is 0.253.